The summed E-state index contributed by atoms with van der Waals surface area (Å²) < 4.78 is 11.0. The average molecular weight is 240 g/mol. The number of ether oxygens (including phenoxy) is 2. The van der Waals surface area contributed by atoms with Gasteiger partial charge in [0, 0.05) is 13.5 Å². The van der Waals surface area contributed by atoms with Crippen LogP contribution in [-0.4, -0.2) is 38.0 Å². The van der Waals surface area contributed by atoms with Gasteiger partial charge in [-0.2, -0.15) is 5.26 Å². The molecule has 0 spiro atoms. The van der Waals surface area contributed by atoms with Crippen LogP contribution in [0.15, 0.2) is 0 Å². The Kier molecular flexibility index (Phi) is 5.90. The third-order valence-electron chi connectivity index (χ3n) is 3.26. The van der Waals surface area contributed by atoms with Gasteiger partial charge in [0.25, 0.3) is 0 Å². The van der Waals surface area contributed by atoms with Crippen molar-refractivity contribution in [1.82, 2.24) is 5.32 Å². The minimum atomic E-state index is -0.384. The summed E-state index contributed by atoms with van der Waals surface area (Å²) in [6, 6.07) is 2.43. The van der Waals surface area contributed by atoms with Gasteiger partial charge in [-0.05, 0) is 32.7 Å². The van der Waals surface area contributed by atoms with Crippen LogP contribution in [0.25, 0.3) is 0 Å². The first kappa shape index (κ1) is 14.4. The standard InChI is InChI=1S/C13H24N2O2/c1-4-15-13(10-14)7-5-6-12(8-13)17-11(2)9-16-3/h11-12,15H,4-9H2,1-3H3. The second-order valence-corrected chi connectivity index (χ2v) is 4.84. The Bertz CT molecular complexity index is 261. The highest BCUT2D eigenvalue weighted by molar-refractivity contribution is 5.10. The first-order valence-electron chi connectivity index (χ1n) is 6.46. The van der Waals surface area contributed by atoms with Gasteiger partial charge in [-0.15, -0.1) is 0 Å². The van der Waals surface area contributed by atoms with Crippen molar-refractivity contribution in [1.29, 1.82) is 5.26 Å². The van der Waals surface area contributed by atoms with Crippen molar-refractivity contribution in [2.24, 2.45) is 0 Å². The second-order valence-electron chi connectivity index (χ2n) is 4.84. The largest absolute Gasteiger partial charge is 0.382 e. The van der Waals surface area contributed by atoms with Crippen LogP contribution in [0.5, 0.6) is 0 Å². The summed E-state index contributed by atoms with van der Waals surface area (Å²) in [4.78, 5) is 0. The summed E-state index contributed by atoms with van der Waals surface area (Å²) in [5.74, 6) is 0. The van der Waals surface area contributed by atoms with Gasteiger partial charge in [-0.25, -0.2) is 0 Å². The third kappa shape index (κ3) is 4.27. The van der Waals surface area contributed by atoms with Crippen LogP contribution in [0.2, 0.25) is 0 Å². The maximum atomic E-state index is 9.34. The van der Waals surface area contributed by atoms with E-state index in [4.69, 9.17) is 9.47 Å². The molecular formula is C13H24N2O2. The Balaban J connectivity index is 2.50. The molecule has 1 rings (SSSR count). The molecule has 3 atom stereocenters. The van der Waals surface area contributed by atoms with Crippen LogP contribution in [0, 0.1) is 11.3 Å². The minimum absolute atomic E-state index is 0.0983. The summed E-state index contributed by atoms with van der Waals surface area (Å²) in [6.07, 6.45) is 4.07. The zero-order chi connectivity index (χ0) is 12.7. The minimum Gasteiger partial charge on any atom is -0.382 e. The monoisotopic (exact) mass is 240 g/mol. The van der Waals surface area contributed by atoms with Gasteiger partial charge in [0.15, 0.2) is 0 Å². The highest BCUT2D eigenvalue weighted by atomic mass is 16.5. The van der Waals surface area contributed by atoms with Crippen LogP contribution in [0.4, 0.5) is 0 Å². The van der Waals surface area contributed by atoms with Crippen LogP contribution in [0.1, 0.15) is 39.5 Å². The lowest BCUT2D eigenvalue weighted by Gasteiger charge is -2.37. The molecule has 4 nitrogen and oxygen atoms in total. The molecular weight excluding hydrogens is 216 g/mol. The van der Waals surface area contributed by atoms with E-state index < -0.39 is 0 Å². The van der Waals surface area contributed by atoms with Crippen LogP contribution < -0.4 is 5.32 Å². The van der Waals surface area contributed by atoms with Gasteiger partial charge < -0.3 is 9.47 Å². The molecule has 98 valence electrons. The Hall–Kier alpha value is -0.630. The molecule has 0 amide bonds. The van der Waals surface area contributed by atoms with E-state index >= 15 is 0 Å². The summed E-state index contributed by atoms with van der Waals surface area (Å²) in [7, 11) is 1.68. The highest BCUT2D eigenvalue weighted by Gasteiger charge is 2.36. The first-order valence-corrected chi connectivity index (χ1v) is 6.46. The van der Waals surface area contributed by atoms with E-state index in [2.05, 4.69) is 11.4 Å². The van der Waals surface area contributed by atoms with Gasteiger partial charge in [0.1, 0.15) is 5.54 Å². The average Bonchev–Trinajstić information content (AvgIpc) is 2.30. The first-order chi connectivity index (χ1) is 8.15. The number of nitrogens with one attached hydrogen (secondary N) is 1. The van der Waals surface area contributed by atoms with Crippen LogP contribution in [-0.2, 0) is 9.47 Å². The Morgan fingerprint density at radius 3 is 2.94 bits per heavy atom. The SMILES string of the molecule is CCNC1(C#N)CCCC(OC(C)COC)C1. The van der Waals surface area contributed by atoms with Crippen molar-refractivity contribution < 1.29 is 9.47 Å². The lowest BCUT2D eigenvalue weighted by Crippen LogP contribution is -2.49. The molecule has 3 unspecified atom stereocenters. The number of rotatable bonds is 6. The predicted octanol–water partition coefficient (Wildman–Crippen LogP) is 1.85. The van der Waals surface area contributed by atoms with Gasteiger partial charge in [0.2, 0.25) is 0 Å². The summed E-state index contributed by atoms with van der Waals surface area (Å²) in [5, 5.41) is 12.6. The molecule has 0 aromatic heterocycles. The van der Waals surface area contributed by atoms with E-state index in [1.807, 2.05) is 13.8 Å². The highest BCUT2D eigenvalue weighted by Crippen LogP contribution is 2.30. The number of nitriles is 1. The number of hydrogen-bond donors (Lipinski definition) is 1. The zero-order valence-corrected chi connectivity index (χ0v) is 11.2. The van der Waals surface area contributed by atoms with E-state index in [9.17, 15) is 5.26 Å². The van der Waals surface area contributed by atoms with E-state index in [1.165, 1.54) is 0 Å². The van der Waals surface area contributed by atoms with Gasteiger partial charge in [-0.3, -0.25) is 5.32 Å². The summed E-state index contributed by atoms with van der Waals surface area (Å²) in [5.41, 5.74) is -0.384. The van der Waals surface area contributed by atoms with Crippen molar-refractivity contribution in [2.45, 2.75) is 57.3 Å². The molecule has 1 N–H and O–H groups in total. The van der Waals surface area contributed by atoms with E-state index in [1.54, 1.807) is 7.11 Å². The topological polar surface area (TPSA) is 54.3 Å². The summed E-state index contributed by atoms with van der Waals surface area (Å²) in [6.45, 7) is 5.49. The number of nitrogens with zero attached hydrogens (tertiary/aromatic N) is 1. The maximum absolute atomic E-state index is 9.34. The third-order valence-corrected chi connectivity index (χ3v) is 3.26. The lowest BCUT2D eigenvalue weighted by molar-refractivity contribution is -0.0613. The van der Waals surface area contributed by atoms with Crippen molar-refractivity contribution >= 4 is 0 Å². The van der Waals surface area contributed by atoms with Crippen molar-refractivity contribution in [3.8, 4) is 6.07 Å². The number of methoxy groups -OCH3 is 1. The molecule has 0 aromatic rings. The molecule has 0 aliphatic heterocycles. The van der Waals surface area contributed by atoms with Crippen LogP contribution >= 0.6 is 0 Å². The molecule has 0 radical (unpaired) electrons. The fourth-order valence-electron chi connectivity index (χ4n) is 2.58. The van der Waals surface area contributed by atoms with Gasteiger partial charge in [0.05, 0.1) is 24.9 Å². The predicted molar refractivity (Wildman–Crippen MR) is 66.7 cm³/mol. The Morgan fingerprint density at radius 2 is 2.35 bits per heavy atom. The van der Waals surface area contributed by atoms with Gasteiger partial charge >= 0.3 is 0 Å². The van der Waals surface area contributed by atoms with Crippen molar-refractivity contribution in [2.75, 3.05) is 20.3 Å². The molecule has 1 aliphatic rings. The fraction of sp³-hybridized carbons (Fsp3) is 0.923. The maximum Gasteiger partial charge on any atom is 0.109 e. The second kappa shape index (κ2) is 6.95. The van der Waals surface area contributed by atoms with E-state index in [0.29, 0.717) is 6.61 Å². The molecule has 1 fully saturated rings. The molecule has 1 saturated carbocycles. The van der Waals surface area contributed by atoms with Crippen LogP contribution in [0.3, 0.4) is 0 Å². The van der Waals surface area contributed by atoms with E-state index in [-0.39, 0.29) is 17.7 Å². The molecule has 4 heteroatoms. The number of hydrogen-bond acceptors (Lipinski definition) is 4. The molecule has 0 heterocycles. The Morgan fingerprint density at radius 1 is 1.59 bits per heavy atom. The lowest BCUT2D eigenvalue weighted by atomic mass is 9.81. The normalized spacial score (nSPS) is 30.8. The zero-order valence-electron chi connectivity index (χ0n) is 11.2. The Labute approximate surface area is 104 Å². The van der Waals surface area contributed by atoms with Crippen molar-refractivity contribution in [3.05, 3.63) is 0 Å². The quantitative estimate of drug-likeness (QED) is 0.770. The fourth-order valence-corrected chi connectivity index (χ4v) is 2.58. The molecule has 0 aromatic carbocycles. The van der Waals surface area contributed by atoms with Gasteiger partial charge in [-0.1, -0.05) is 6.92 Å². The molecule has 17 heavy (non-hydrogen) atoms. The molecule has 1 aliphatic carbocycles. The molecule has 0 bridgehead atoms. The van der Waals surface area contributed by atoms with E-state index in [0.717, 1.165) is 32.2 Å². The molecule has 0 saturated heterocycles. The van der Waals surface area contributed by atoms with Crippen molar-refractivity contribution in [3.63, 3.8) is 0 Å². The smallest absolute Gasteiger partial charge is 0.109 e. The summed E-state index contributed by atoms with van der Waals surface area (Å²) >= 11 is 0.